The predicted molar refractivity (Wildman–Crippen MR) is 45.2 cm³/mol. The van der Waals surface area contributed by atoms with Gasteiger partial charge in [0.2, 0.25) is 0 Å². The number of alkyl halides is 3. The smallest absolute Gasteiger partial charge is 0.393 e. The molecular weight excluding hydrogens is 223 g/mol. The zero-order valence-electron chi connectivity index (χ0n) is 7.43. The van der Waals surface area contributed by atoms with Crippen LogP contribution in [0.25, 0.3) is 0 Å². The Kier molecular flexibility index (Phi) is 4.67. The third-order valence-electron chi connectivity index (χ3n) is 2.08. The maximum Gasteiger partial charge on any atom is 0.393 e. The van der Waals surface area contributed by atoms with Crippen LogP contribution in [0.2, 0.25) is 0 Å². The Hall–Kier alpha value is -0.490. The predicted octanol–water partition coefficient (Wildman–Crippen LogP) is 1.12. The van der Waals surface area contributed by atoms with Gasteiger partial charge in [-0.1, -0.05) is 0 Å². The van der Waals surface area contributed by atoms with Gasteiger partial charge < -0.3 is 10.1 Å². The number of carbonyl (C=O) groups is 1. The third kappa shape index (κ3) is 3.02. The lowest BCUT2D eigenvalue weighted by Crippen LogP contribution is -2.31. The highest BCUT2D eigenvalue weighted by Crippen LogP contribution is 2.32. The summed E-state index contributed by atoms with van der Waals surface area (Å²) in [6, 6.07) is -0.809. The van der Waals surface area contributed by atoms with Crippen molar-refractivity contribution in [1.82, 2.24) is 5.32 Å². The summed E-state index contributed by atoms with van der Waals surface area (Å²) < 4.78 is 40.7. The van der Waals surface area contributed by atoms with Crippen molar-refractivity contribution < 1.29 is 22.7 Å². The summed E-state index contributed by atoms with van der Waals surface area (Å²) in [7, 11) is 1.16. The van der Waals surface area contributed by atoms with Gasteiger partial charge >= 0.3 is 12.1 Å². The highest BCUT2D eigenvalue weighted by Gasteiger charge is 2.45. The summed E-state index contributed by atoms with van der Waals surface area (Å²) in [4.78, 5) is 10.8. The molecule has 0 unspecified atom stereocenters. The van der Waals surface area contributed by atoms with Crippen LogP contribution in [0.4, 0.5) is 13.2 Å². The lowest BCUT2D eigenvalue weighted by molar-refractivity contribution is -0.169. The van der Waals surface area contributed by atoms with Crippen LogP contribution in [0.3, 0.4) is 0 Å². The van der Waals surface area contributed by atoms with Gasteiger partial charge in [0.05, 0.1) is 13.0 Å². The van der Waals surface area contributed by atoms with Crippen molar-refractivity contribution in [3.63, 3.8) is 0 Å². The van der Waals surface area contributed by atoms with E-state index in [9.17, 15) is 18.0 Å². The molecule has 14 heavy (non-hydrogen) atoms. The summed E-state index contributed by atoms with van der Waals surface area (Å²) in [5.74, 6) is -2.07. The Bertz CT molecular complexity index is 210. The fourth-order valence-corrected chi connectivity index (χ4v) is 1.31. The highest BCUT2D eigenvalue weighted by atomic mass is 35.5. The van der Waals surface area contributed by atoms with Crippen molar-refractivity contribution in [2.45, 2.75) is 18.6 Å². The fourth-order valence-electron chi connectivity index (χ4n) is 1.31. The Morgan fingerprint density at radius 2 is 2.07 bits per heavy atom. The first kappa shape index (κ1) is 13.5. The van der Waals surface area contributed by atoms with E-state index in [1.165, 1.54) is 0 Å². The molecule has 7 heteroatoms. The van der Waals surface area contributed by atoms with Gasteiger partial charge in [0.25, 0.3) is 0 Å². The molecule has 0 saturated carbocycles. The molecular formula is C7H11ClF3NO2. The van der Waals surface area contributed by atoms with Gasteiger partial charge in [-0.15, -0.1) is 12.4 Å². The average Bonchev–Trinajstić information content (AvgIpc) is 2.50. The Morgan fingerprint density at radius 3 is 2.43 bits per heavy atom. The summed E-state index contributed by atoms with van der Waals surface area (Å²) in [5, 5.41) is 2.47. The lowest BCUT2D eigenvalue weighted by atomic mass is 10.1. The van der Waals surface area contributed by atoms with E-state index in [4.69, 9.17) is 0 Å². The number of ether oxygens (including phenoxy) is 1. The van der Waals surface area contributed by atoms with E-state index >= 15 is 0 Å². The van der Waals surface area contributed by atoms with Crippen LogP contribution in [0.15, 0.2) is 0 Å². The molecule has 0 aliphatic carbocycles. The van der Waals surface area contributed by atoms with Gasteiger partial charge in [-0.05, 0) is 6.42 Å². The molecule has 0 amide bonds. The maximum absolute atomic E-state index is 12.1. The fraction of sp³-hybridized carbons (Fsp3) is 0.857. The van der Waals surface area contributed by atoms with Gasteiger partial charge in [0.15, 0.2) is 0 Å². The van der Waals surface area contributed by atoms with Crippen molar-refractivity contribution in [3.05, 3.63) is 0 Å². The van der Waals surface area contributed by atoms with Crippen LogP contribution in [0.5, 0.6) is 0 Å². The lowest BCUT2D eigenvalue weighted by Gasteiger charge is -2.12. The van der Waals surface area contributed by atoms with E-state index in [-0.39, 0.29) is 25.4 Å². The molecule has 0 bridgehead atoms. The Labute approximate surface area is 85.4 Å². The number of hydrogen-bond acceptors (Lipinski definition) is 3. The van der Waals surface area contributed by atoms with Gasteiger partial charge in [0.1, 0.15) is 6.04 Å². The second-order valence-electron chi connectivity index (χ2n) is 2.96. The van der Waals surface area contributed by atoms with E-state index in [2.05, 4.69) is 10.1 Å². The molecule has 84 valence electrons. The van der Waals surface area contributed by atoms with Crippen molar-refractivity contribution in [2.24, 2.45) is 5.92 Å². The average molecular weight is 234 g/mol. The molecule has 0 radical (unpaired) electrons. The first-order valence-electron chi connectivity index (χ1n) is 3.83. The molecule has 1 aliphatic rings. The van der Waals surface area contributed by atoms with Gasteiger partial charge in [0, 0.05) is 6.54 Å². The van der Waals surface area contributed by atoms with E-state index in [0.717, 1.165) is 7.11 Å². The molecule has 1 saturated heterocycles. The molecule has 0 aromatic rings. The van der Waals surface area contributed by atoms with E-state index in [1.54, 1.807) is 0 Å². The van der Waals surface area contributed by atoms with E-state index in [1.807, 2.05) is 0 Å². The van der Waals surface area contributed by atoms with Crippen LogP contribution in [0.1, 0.15) is 6.42 Å². The van der Waals surface area contributed by atoms with Gasteiger partial charge in [-0.25, -0.2) is 0 Å². The topological polar surface area (TPSA) is 38.3 Å². The maximum atomic E-state index is 12.1. The van der Waals surface area contributed by atoms with E-state index < -0.39 is 24.1 Å². The second-order valence-corrected chi connectivity index (χ2v) is 2.96. The largest absolute Gasteiger partial charge is 0.468 e. The number of hydrogen-bond donors (Lipinski definition) is 1. The minimum atomic E-state index is -4.23. The molecule has 0 aromatic carbocycles. The molecule has 1 rings (SSSR count). The summed E-state index contributed by atoms with van der Waals surface area (Å²) in [5.41, 5.74) is 0. The molecule has 2 atom stereocenters. The van der Waals surface area contributed by atoms with Gasteiger partial charge in [-0.2, -0.15) is 13.2 Å². The van der Waals surface area contributed by atoms with Crippen molar-refractivity contribution in [1.29, 1.82) is 0 Å². The molecule has 1 fully saturated rings. The molecule has 0 aromatic heterocycles. The summed E-state index contributed by atoms with van der Waals surface area (Å²) >= 11 is 0. The molecule has 0 spiro atoms. The SMILES string of the molecule is COC(=O)[C@@H]1C[C@H](C(F)(F)F)CN1.Cl. The monoisotopic (exact) mass is 233 g/mol. The molecule has 1 heterocycles. The zero-order chi connectivity index (χ0) is 10.1. The highest BCUT2D eigenvalue weighted by molar-refractivity contribution is 5.85. The normalized spacial score (nSPS) is 26.9. The summed E-state index contributed by atoms with van der Waals surface area (Å²) in [6.07, 6.45) is -4.45. The number of nitrogens with one attached hydrogen (secondary N) is 1. The zero-order valence-corrected chi connectivity index (χ0v) is 8.24. The molecule has 1 N–H and O–H groups in total. The van der Waals surface area contributed by atoms with Crippen LogP contribution in [0, 0.1) is 5.92 Å². The molecule has 3 nitrogen and oxygen atoms in total. The quantitative estimate of drug-likeness (QED) is 0.690. The minimum absolute atomic E-state index is 0. The van der Waals surface area contributed by atoms with Crippen molar-refractivity contribution in [2.75, 3.05) is 13.7 Å². The molecule has 1 aliphatic heterocycles. The number of methoxy groups -OCH3 is 1. The first-order valence-corrected chi connectivity index (χ1v) is 3.83. The van der Waals surface area contributed by atoms with Crippen LogP contribution < -0.4 is 5.32 Å². The van der Waals surface area contributed by atoms with Crippen molar-refractivity contribution >= 4 is 18.4 Å². The first-order chi connectivity index (χ1) is 5.95. The third-order valence-corrected chi connectivity index (χ3v) is 2.08. The summed E-state index contributed by atoms with van der Waals surface area (Å²) in [6.45, 7) is -0.205. The Morgan fingerprint density at radius 1 is 1.50 bits per heavy atom. The van der Waals surface area contributed by atoms with Crippen LogP contribution in [-0.4, -0.2) is 31.8 Å². The number of rotatable bonds is 1. The van der Waals surface area contributed by atoms with Crippen LogP contribution in [-0.2, 0) is 9.53 Å². The van der Waals surface area contributed by atoms with E-state index in [0.29, 0.717) is 0 Å². The number of esters is 1. The minimum Gasteiger partial charge on any atom is -0.468 e. The standard InChI is InChI=1S/C7H10F3NO2.ClH/c1-13-6(12)5-2-4(3-11-5)7(8,9)10;/h4-5,11H,2-3H2,1H3;1H/t4-,5-;/m0./s1. The van der Waals surface area contributed by atoms with Gasteiger partial charge in [-0.3, -0.25) is 4.79 Å². The van der Waals surface area contributed by atoms with Crippen LogP contribution >= 0.6 is 12.4 Å². The van der Waals surface area contributed by atoms with Crippen molar-refractivity contribution in [3.8, 4) is 0 Å². The second kappa shape index (κ2) is 4.84. The number of halogens is 4. The number of carbonyl (C=O) groups excluding carboxylic acids is 1. The Balaban J connectivity index is 0.00000169.